The maximum Gasteiger partial charge on any atom is 0.317 e. The SMILES string of the molecule is CCc1ccc(C(CNC(=O)N2CCN3C(=O)NCC3C2)N(C)C)cc1. The van der Waals surface area contributed by atoms with Crippen molar-refractivity contribution in [2.24, 2.45) is 0 Å². The van der Waals surface area contributed by atoms with E-state index in [4.69, 9.17) is 0 Å². The number of fused-ring (bicyclic) bond motifs is 1. The van der Waals surface area contributed by atoms with Gasteiger partial charge in [-0.05, 0) is 31.6 Å². The molecule has 0 saturated carbocycles. The molecule has 2 aliphatic rings. The van der Waals surface area contributed by atoms with Crippen molar-refractivity contribution in [1.29, 1.82) is 0 Å². The summed E-state index contributed by atoms with van der Waals surface area (Å²) in [6, 6.07) is 8.73. The molecule has 26 heavy (non-hydrogen) atoms. The van der Waals surface area contributed by atoms with Crippen LogP contribution in [0.15, 0.2) is 24.3 Å². The quantitative estimate of drug-likeness (QED) is 0.832. The average molecular weight is 359 g/mol. The third kappa shape index (κ3) is 3.93. The molecule has 1 aromatic rings. The van der Waals surface area contributed by atoms with Crippen molar-refractivity contribution in [3.05, 3.63) is 35.4 Å². The Morgan fingerprint density at radius 1 is 1.31 bits per heavy atom. The van der Waals surface area contributed by atoms with Gasteiger partial charge in [-0.3, -0.25) is 0 Å². The summed E-state index contributed by atoms with van der Waals surface area (Å²) < 4.78 is 0. The Kier molecular flexibility index (Phi) is 5.66. The summed E-state index contributed by atoms with van der Waals surface area (Å²) in [6.45, 7) is 5.08. The minimum absolute atomic E-state index is 0.0155. The zero-order chi connectivity index (χ0) is 18.7. The van der Waals surface area contributed by atoms with Crippen LogP contribution in [0.1, 0.15) is 24.1 Å². The van der Waals surface area contributed by atoms with E-state index in [1.807, 2.05) is 23.9 Å². The summed E-state index contributed by atoms with van der Waals surface area (Å²) in [5.74, 6) is 0. The zero-order valence-electron chi connectivity index (χ0n) is 15.9. The number of rotatable bonds is 5. The molecule has 2 atom stereocenters. The number of hydrogen-bond acceptors (Lipinski definition) is 3. The number of urea groups is 2. The lowest BCUT2D eigenvalue weighted by Crippen LogP contribution is -2.56. The molecule has 7 heteroatoms. The highest BCUT2D eigenvalue weighted by molar-refractivity contribution is 5.78. The Morgan fingerprint density at radius 3 is 2.69 bits per heavy atom. The van der Waals surface area contributed by atoms with Gasteiger partial charge < -0.3 is 25.3 Å². The van der Waals surface area contributed by atoms with Crippen LogP contribution in [0, 0.1) is 0 Å². The van der Waals surface area contributed by atoms with Crippen LogP contribution in [-0.4, -0.2) is 79.6 Å². The normalized spacial score (nSPS) is 20.8. The second kappa shape index (κ2) is 7.95. The molecule has 0 aromatic heterocycles. The molecular formula is C19H29N5O2. The first-order chi connectivity index (χ1) is 12.5. The van der Waals surface area contributed by atoms with E-state index in [0.717, 1.165) is 6.42 Å². The summed E-state index contributed by atoms with van der Waals surface area (Å²) >= 11 is 0. The third-order valence-electron chi connectivity index (χ3n) is 5.36. The fraction of sp³-hybridized carbons (Fsp3) is 0.579. The van der Waals surface area contributed by atoms with Crippen LogP contribution in [0.4, 0.5) is 9.59 Å². The van der Waals surface area contributed by atoms with Crippen LogP contribution in [0.3, 0.4) is 0 Å². The van der Waals surface area contributed by atoms with Crippen LogP contribution in [0.5, 0.6) is 0 Å². The molecule has 4 amide bonds. The topological polar surface area (TPSA) is 67.9 Å². The van der Waals surface area contributed by atoms with Gasteiger partial charge in [0.05, 0.1) is 12.1 Å². The van der Waals surface area contributed by atoms with E-state index in [1.54, 1.807) is 0 Å². The largest absolute Gasteiger partial charge is 0.336 e. The molecule has 2 aliphatic heterocycles. The van der Waals surface area contributed by atoms with Crippen LogP contribution >= 0.6 is 0 Å². The van der Waals surface area contributed by atoms with Crippen molar-refractivity contribution in [2.75, 3.05) is 46.8 Å². The Balaban J connectivity index is 1.57. The first-order valence-corrected chi connectivity index (χ1v) is 9.32. The van der Waals surface area contributed by atoms with Crippen molar-refractivity contribution in [3.63, 3.8) is 0 Å². The van der Waals surface area contributed by atoms with Crippen molar-refractivity contribution in [2.45, 2.75) is 25.4 Å². The van der Waals surface area contributed by atoms with Crippen molar-refractivity contribution < 1.29 is 9.59 Å². The van der Waals surface area contributed by atoms with Crippen LogP contribution < -0.4 is 10.6 Å². The molecule has 2 N–H and O–H groups in total. The van der Waals surface area contributed by atoms with E-state index >= 15 is 0 Å². The molecule has 1 aromatic carbocycles. The highest BCUT2D eigenvalue weighted by atomic mass is 16.2. The molecule has 0 spiro atoms. The molecule has 2 heterocycles. The standard InChI is InChI=1S/C19H29N5O2/c1-4-14-5-7-15(8-6-14)17(22(2)3)12-21-18(25)23-9-10-24-16(13-23)11-20-19(24)26/h5-8,16-17H,4,9-13H2,1-3H3,(H,20,26)(H,21,25). The van der Waals surface area contributed by atoms with Crippen molar-refractivity contribution >= 4 is 12.1 Å². The first-order valence-electron chi connectivity index (χ1n) is 9.32. The van der Waals surface area contributed by atoms with Gasteiger partial charge in [0.25, 0.3) is 0 Å². The second-order valence-electron chi connectivity index (χ2n) is 7.24. The van der Waals surface area contributed by atoms with Gasteiger partial charge in [0.1, 0.15) is 0 Å². The number of nitrogens with zero attached hydrogens (tertiary/aromatic N) is 3. The molecule has 2 saturated heterocycles. The van der Waals surface area contributed by atoms with Gasteiger partial charge >= 0.3 is 12.1 Å². The van der Waals surface area contributed by atoms with E-state index in [0.29, 0.717) is 32.7 Å². The highest BCUT2D eigenvalue weighted by Gasteiger charge is 2.36. The van der Waals surface area contributed by atoms with Crippen LogP contribution in [0.2, 0.25) is 0 Å². The molecule has 0 bridgehead atoms. The fourth-order valence-electron chi connectivity index (χ4n) is 3.66. The predicted molar refractivity (Wildman–Crippen MR) is 101 cm³/mol. The molecular weight excluding hydrogens is 330 g/mol. The summed E-state index contributed by atoms with van der Waals surface area (Å²) in [4.78, 5) is 30.0. The molecule has 0 radical (unpaired) electrons. The number of likely N-dealkylation sites (N-methyl/N-ethyl adjacent to an activating group) is 1. The van der Waals surface area contributed by atoms with E-state index in [9.17, 15) is 9.59 Å². The summed E-state index contributed by atoms with van der Waals surface area (Å²) in [5, 5.41) is 5.91. The second-order valence-corrected chi connectivity index (χ2v) is 7.24. The zero-order valence-corrected chi connectivity index (χ0v) is 15.9. The van der Waals surface area contributed by atoms with Gasteiger partial charge in [-0.1, -0.05) is 31.2 Å². The number of carbonyl (C=O) groups is 2. The van der Waals surface area contributed by atoms with E-state index in [2.05, 4.69) is 46.7 Å². The van der Waals surface area contributed by atoms with Crippen LogP contribution in [0.25, 0.3) is 0 Å². The van der Waals surface area contributed by atoms with E-state index in [-0.39, 0.29) is 24.1 Å². The maximum atomic E-state index is 12.6. The van der Waals surface area contributed by atoms with Gasteiger partial charge in [0, 0.05) is 32.7 Å². The highest BCUT2D eigenvalue weighted by Crippen LogP contribution is 2.19. The average Bonchev–Trinajstić information content (AvgIpc) is 3.02. The Hall–Kier alpha value is -2.28. The van der Waals surface area contributed by atoms with Crippen molar-refractivity contribution in [3.8, 4) is 0 Å². The van der Waals surface area contributed by atoms with Gasteiger partial charge in [-0.15, -0.1) is 0 Å². The van der Waals surface area contributed by atoms with E-state index in [1.165, 1.54) is 11.1 Å². The lowest BCUT2D eigenvalue weighted by atomic mass is 10.0. The van der Waals surface area contributed by atoms with Gasteiger partial charge in [0.2, 0.25) is 0 Å². The van der Waals surface area contributed by atoms with Crippen molar-refractivity contribution in [1.82, 2.24) is 25.3 Å². The van der Waals surface area contributed by atoms with Gasteiger partial charge in [0.15, 0.2) is 0 Å². The molecule has 2 unspecified atom stereocenters. The van der Waals surface area contributed by atoms with Crippen LogP contribution in [-0.2, 0) is 6.42 Å². The fourth-order valence-corrected chi connectivity index (χ4v) is 3.66. The summed E-state index contributed by atoms with van der Waals surface area (Å²) in [6.07, 6.45) is 1.02. The number of aryl methyl sites for hydroxylation is 1. The molecule has 3 rings (SSSR count). The predicted octanol–water partition coefficient (Wildman–Crippen LogP) is 1.27. The Labute approximate surface area is 155 Å². The maximum absolute atomic E-state index is 12.6. The van der Waals surface area contributed by atoms with E-state index < -0.39 is 0 Å². The van der Waals surface area contributed by atoms with Gasteiger partial charge in [-0.25, -0.2) is 9.59 Å². The molecule has 0 aliphatic carbocycles. The monoisotopic (exact) mass is 359 g/mol. The smallest absolute Gasteiger partial charge is 0.317 e. The summed E-state index contributed by atoms with van der Waals surface area (Å²) in [7, 11) is 4.05. The Bertz CT molecular complexity index is 646. The third-order valence-corrected chi connectivity index (χ3v) is 5.36. The first kappa shape index (κ1) is 18.5. The summed E-state index contributed by atoms with van der Waals surface area (Å²) in [5.41, 5.74) is 2.51. The number of piperazine rings is 1. The lowest BCUT2D eigenvalue weighted by Gasteiger charge is -2.36. The van der Waals surface area contributed by atoms with Gasteiger partial charge in [-0.2, -0.15) is 0 Å². The number of benzene rings is 1. The minimum atomic E-state index is -0.0546. The number of carbonyl (C=O) groups excluding carboxylic acids is 2. The number of amides is 4. The number of nitrogens with one attached hydrogen (secondary N) is 2. The lowest BCUT2D eigenvalue weighted by molar-refractivity contribution is 0.128. The molecule has 142 valence electrons. The Morgan fingerprint density at radius 2 is 2.04 bits per heavy atom. The minimum Gasteiger partial charge on any atom is -0.336 e. The number of hydrogen-bond donors (Lipinski definition) is 2. The molecule has 2 fully saturated rings. The molecule has 7 nitrogen and oxygen atoms in total.